The van der Waals surface area contributed by atoms with Gasteiger partial charge in [-0.05, 0) is 54.1 Å². The maximum atomic E-state index is 13.2. The van der Waals surface area contributed by atoms with Crippen molar-refractivity contribution in [3.63, 3.8) is 0 Å². The van der Waals surface area contributed by atoms with E-state index in [1.807, 2.05) is 18.2 Å². The normalized spacial score (nSPS) is 24.6. The Labute approximate surface area is 210 Å². The summed E-state index contributed by atoms with van der Waals surface area (Å²) in [6.07, 6.45) is -0.495. The minimum absolute atomic E-state index is 0.00237. The van der Waals surface area contributed by atoms with Gasteiger partial charge in [0.25, 0.3) is 0 Å². The summed E-state index contributed by atoms with van der Waals surface area (Å²) in [5.74, 6) is 1.90. The van der Waals surface area contributed by atoms with Gasteiger partial charge >= 0.3 is 5.97 Å². The second kappa shape index (κ2) is 8.68. The fraction of sp³-hybridized carbons (Fsp3) is 0.414. The molecule has 7 nitrogen and oxygen atoms in total. The number of aryl methyl sites for hydroxylation is 2. The number of methoxy groups -OCH3 is 1. The second-order valence-corrected chi connectivity index (χ2v) is 10.0. The predicted molar refractivity (Wildman–Crippen MR) is 134 cm³/mol. The molecule has 0 spiro atoms. The zero-order valence-electron chi connectivity index (χ0n) is 21.2. The highest BCUT2D eigenvalue weighted by Gasteiger charge is 2.39. The molecule has 0 bridgehead atoms. The van der Waals surface area contributed by atoms with Gasteiger partial charge in [0, 0.05) is 35.5 Å². The number of hydrogen-bond donors (Lipinski definition) is 0. The minimum Gasteiger partial charge on any atom is -0.463 e. The van der Waals surface area contributed by atoms with E-state index in [0.717, 1.165) is 38.6 Å². The lowest BCUT2D eigenvalue weighted by molar-refractivity contribution is -0.200. The molecular formula is C29H30O7. The van der Waals surface area contributed by atoms with Crippen LogP contribution in [0.5, 0.6) is 17.2 Å². The molecule has 0 radical (unpaired) electrons. The molecule has 3 heterocycles. The molecule has 6 rings (SSSR count). The number of carbonyl (C=O) groups excluding carboxylic acids is 1. The largest absolute Gasteiger partial charge is 0.463 e. The van der Waals surface area contributed by atoms with E-state index in [-0.39, 0.29) is 37.3 Å². The van der Waals surface area contributed by atoms with E-state index < -0.39 is 6.29 Å². The van der Waals surface area contributed by atoms with Crippen molar-refractivity contribution in [2.45, 2.75) is 46.7 Å². The SMILES string of the molecule is CO[C@@H]1[C@@H](C)[C@H](Oc2c3c(c(-c4ccc5c(c4)OCO5)c4cc(C)c(C)cc24)C(=O)OC3)OC[C@H]1C. The lowest BCUT2D eigenvalue weighted by Gasteiger charge is -2.39. The van der Waals surface area contributed by atoms with Crippen molar-refractivity contribution in [3.8, 4) is 28.4 Å². The van der Waals surface area contributed by atoms with Crippen LogP contribution in [0.2, 0.25) is 0 Å². The summed E-state index contributed by atoms with van der Waals surface area (Å²) < 4.78 is 35.3. The van der Waals surface area contributed by atoms with Crippen LogP contribution in [0.4, 0.5) is 0 Å². The topological polar surface area (TPSA) is 72.5 Å². The van der Waals surface area contributed by atoms with Crippen molar-refractivity contribution >= 4 is 16.7 Å². The number of ether oxygens (including phenoxy) is 6. The summed E-state index contributed by atoms with van der Waals surface area (Å²) in [5.41, 5.74) is 5.21. The van der Waals surface area contributed by atoms with Crippen molar-refractivity contribution in [3.05, 3.63) is 52.6 Å². The van der Waals surface area contributed by atoms with Crippen molar-refractivity contribution in [1.82, 2.24) is 0 Å². The fourth-order valence-corrected chi connectivity index (χ4v) is 5.70. The van der Waals surface area contributed by atoms with Crippen LogP contribution < -0.4 is 14.2 Å². The maximum absolute atomic E-state index is 13.2. The lowest BCUT2D eigenvalue weighted by Crippen LogP contribution is -2.47. The number of fused-ring (bicyclic) bond motifs is 3. The van der Waals surface area contributed by atoms with E-state index in [4.69, 9.17) is 28.4 Å². The number of carbonyl (C=O) groups is 1. The quantitative estimate of drug-likeness (QED) is 0.444. The van der Waals surface area contributed by atoms with E-state index in [1.165, 1.54) is 0 Å². The number of rotatable bonds is 4. The molecule has 7 heteroatoms. The van der Waals surface area contributed by atoms with Crippen LogP contribution in [0, 0.1) is 25.7 Å². The second-order valence-electron chi connectivity index (χ2n) is 10.0. The third-order valence-electron chi connectivity index (χ3n) is 7.72. The Kier molecular flexibility index (Phi) is 5.57. The number of benzene rings is 3. The molecule has 0 amide bonds. The zero-order valence-corrected chi connectivity index (χ0v) is 21.2. The van der Waals surface area contributed by atoms with Crippen LogP contribution in [-0.4, -0.2) is 38.9 Å². The van der Waals surface area contributed by atoms with E-state index in [9.17, 15) is 4.79 Å². The molecule has 3 aliphatic rings. The minimum atomic E-state index is -0.507. The maximum Gasteiger partial charge on any atom is 0.339 e. The zero-order chi connectivity index (χ0) is 25.1. The standard InChI is InChI=1S/C29H30O7/c1-14-8-19-20(9-15(14)2)27(36-29-17(4)26(31-5)16(3)11-33-29)21-12-32-28(30)25(21)24(19)18-6-7-22-23(10-18)35-13-34-22/h6-10,16-17,26,29H,11-13H2,1-5H3/t16-,17-,26+,29+/m1/s1. The van der Waals surface area contributed by atoms with Gasteiger partial charge in [-0.3, -0.25) is 0 Å². The third kappa shape index (κ3) is 3.52. The molecule has 3 aromatic rings. The van der Waals surface area contributed by atoms with Crippen LogP contribution in [0.3, 0.4) is 0 Å². The Morgan fingerprint density at radius 3 is 2.44 bits per heavy atom. The van der Waals surface area contributed by atoms with Crippen LogP contribution in [0.15, 0.2) is 30.3 Å². The van der Waals surface area contributed by atoms with Gasteiger partial charge in [0.1, 0.15) is 12.4 Å². The molecule has 0 aliphatic carbocycles. The van der Waals surface area contributed by atoms with Crippen LogP contribution in [-0.2, 0) is 20.8 Å². The molecule has 4 atom stereocenters. The number of esters is 1. The fourth-order valence-electron chi connectivity index (χ4n) is 5.70. The molecule has 36 heavy (non-hydrogen) atoms. The lowest BCUT2D eigenvalue weighted by atomic mass is 9.87. The van der Waals surface area contributed by atoms with Gasteiger partial charge in [0.2, 0.25) is 13.1 Å². The van der Waals surface area contributed by atoms with Gasteiger partial charge in [-0.25, -0.2) is 4.79 Å². The molecule has 0 unspecified atom stereocenters. The molecule has 1 saturated heterocycles. The Bertz CT molecular complexity index is 1380. The molecular weight excluding hydrogens is 460 g/mol. The predicted octanol–water partition coefficient (Wildman–Crippen LogP) is 5.55. The van der Waals surface area contributed by atoms with Gasteiger partial charge in [0.15, 0.2) is 11.5 Å². The summed E-state index contributed by atoms with van der Waals surface area (Å²) in [7, 11) is 1.73. The average molecular weight is 491 g/mol. The van der Waals surface area contributed by atoms with Crippen LogP contribution in [0.25, 0.3) is 21.9 Å². The highest BCUT2D eigenvalue weighted by atomic mass is 16.7. The Morgan fingerprint density at radius 1 is 0.917 bits per heavy atom. The van der Waals surface area contributed by atoms with E-state index in [1.54, 1.807) is 7.11 Å². The van der Waals surface area contributed by atoms with Gasteiger partial charge in [-0.1, -0.05) is 26.0 Å². The van der Waals surface area contributed by atoms with E-state index >= 15 is 0 Å². The third-order valence-corrected chi connectivity index (χ3v) is 7.72. The molecule has 0 aromatic heterocycles. The first-order valence-corrected chi connectivity index (χ1v) is 12.3. The van der Waals surface area contributed by atoms with Gasteiger partial charge in [0.05, 0.1) is 18.3 Å². The molecule has 188 valence electrons. The van der Waals surface area contributed by atoms with Gasteiger partial charge in [-0.2, -0.15) is 0 Å². The first-order chi connectivity index (χ1) is 17.4. The van der Waals surface area contributed by atoms with E-state index in [0.29, 0.717) is 29.4 Å². The first kappa shape index (κ1) is 23.1. The van der Waals surface area contributed by atoms with Crippen LogP contribution in [0.1, 0.15) is 40.9 Å². The van der Waals surface area contributed by atoms with Crippen molar-refractivity contribution in [1.29, 1.82) is 0 Å². The summed E-state index contributed by atoms with van der Waals surface area (Å²) in [4.78, 5) is 13.2. The van der Waals surface area contributed by atoms with Crippen LogP contribution >= 0.6 is 0 Å². The summed E-state index contributed by atoms with van der Waals surface area (Å²) >= 11 is 0. The van der Waals surface area contributed by atoms with Crippen molar-refractivity contribution in [2.24, 2.45) is 11.8 Å². The Morgan fingerprint density at radius 2 is 1.67 bits per heavy atom. The summed E-state index contributed by atoms with van der Waals surface area (Å²) in [6, 6.07) is 10.0. The van der Waals surface area contributed by atoms with Crippen molar-refractivity contribution in [2.75, 3.05) is 20.5 Å². The smallest absolute Gasteiger partial charge is 0.339 e. The van der Waals surface area contributed by atoms with Crippen molar-refractivity contribution < 1.29 is 33.2 Å². The van der Waals surface area contributed by atoms with Gasteiger partial charge in [-0.15, -0.1) is 0 Å². The van der Waals surface area contributed by atoms with Gasteiger partial charge < -0.3 is 28.4 Å². The molecule has 3 aliphatic heterocycles. The monoisotopic (exact) mass is 490 g/mol. The molecule has 0 saturated carbocycles. The average Bonchev–Trinajstić information content (AvgIpc) is 3.48. The summed E-state index contributed by atoms with van der Waals surface area (Å²) in [6.45, 7) is 9.22. The summed E-state index contributed by atoms with van der Waals surface area (Å²) in [5, 5.41) is 1.84. The molecule has 3 aromatic carbocycles. The first-order valence-electron chi connectivity index (χ1n) is 12.3. The number of hydrogen-bond acceptors (Lipinski definition) is 7. The Balaban J connectivity index is 1.57. The van der Waals surface area contributed by atoms with E-state index in [2.05, 4.69) is 39.8 Å². The highest BCUT2D eigenvalue weighted by molar-refractivity contribution is 6.13. The highest BCUT2D eigenvalue weighted by Crippen LogP contribution is 2.48. The number of cyclic esters (lactones) is 1. The molecule has 1 fully saturated rings. The molecule has 0 N–H and O–H groups in total. The Hall–Kier alpha value is -3.29.